The molecule has 21 heavy (non-hydrogen) atoms. The number of rotatable bonds is 8. The number of esters is 1. The van der Waals surface area contributed by atoms with Crippen LogP contribution < -0.4 is 10.1 Å². The van der Waals surface area contributed by atoms with Crippen LogP contribution >= 0.6 is 0 Å². The van der Waals surface area contributed by atoms with E-state index in [2.05, 4.69) is 10.1 Å². The summed E-state index contributed by atoms with van der Waals surface area (Å²) in [5, 5.41) is 2.82. The lowest BCUT2D eigenvalue weighted by Gasteiger charge is -2.18. The molecule has 0 saturated heterocycles. The average Bonchev–Trinajstić information content (AvgIpc) is 2.52. The minimum atomic E-state index is -0.350. The summed E-state index contributed by atoms with van der Waals surface area (Å²) in [6, 6.07) is 7.50. The summed E-state index contributed by atoms with van der Waals surface area (Å²) >= 11 is 0. The maximum absolute atomic E-state index is 11.9. The number of ether oxygens (including phenoxy) is 2. The van der Waals surface area contributed by atoms with Gasteiger partial charge in [-0.3, -0.25) is 14.5 Å². The number of methoxy groups -OCH3 is 2. The van der Waals surface area contributed by atoms with Crippen LogP contribution in [-0.4, -0.2) is 50.6 Å². The molecule has 0 fully saturated rings. The van der Waals surface area contributed by atoms with E-state index in [-0.39, 0.29) is 25.0 Å². The van der Waals surface area contributed by atoms with Crippen molar-refractivity contribution in [2.75, 3.05) is 33.9 Å². The third kappa shape index (κ3) is 6.27. The second-order valence-electron chi connectivity index (χ2n) is 4.51. The number of carbonyl (C=O) groups excluding carboxylic acids is 2. The quantitative estimate of drug-likeness (QED) is 0.719. The van der Waals surface area contributed by atoms with E-state index in [1.165, 1.54) is 7.11 Å². The lowest BCUT2D eigenvalue weighted by Crippen LogP contribution is -2.39. The fraction of sp³-hybridized carbons (Fsp3) is 0.467. The van der Waals surface area contributed by atoms with Crippen molar-refractivity contribution < 1.29 is 19.1 Å². The van der Waals surface area contributed by atoms with Gasteiger partial charge in [-0.25, -0.2) is 0 Å². The molecule has 1 amide bonds. The second kappa shape index (κ2) is 8.97. The van der Waals surface area contributed by atoms with Crippen LogP contribution in [0, 0.1) is 0 Å². The van der Waals surface area contributed by atoms with Crippen molar-refractivity contribution in [3.05, 3.63) is 29.8 Å². The molecule has 0 atom stereocenters. The summed E-state index contributed by atoms with van der Waals surface area (Å²) in [6.45, 7) is 3.18. The van der Waals surface area contributed by atoms with Gasteiger partial charge in [0, 0.05) is 6.54 Å². The third-order valence-corrected chi connectivity index (χ3v) is 3.02. The highest BCUT2D eigenvalue weighted by molar-refractivity contribution is 5.79. The zero-order chi connectivity index (χ0) is 15.7. The first-order chi connectivity index (χ1) is 10.1. The van der Waals surface area contributed by atoms with Crippen LogP contribution in [0.15, 0.2) is 24.3 Å². The number of carbonyl (C=O) groups is 2. The summed E-state index contributed by atoms with van der Waals surface area (Å²) in [4.78, 5) is 24.8. The van der Waals surface area contributed by atoms with Crippen LogP contribution in [0.3, 0.4) is 0 Å². The number of nitrogens with zero attached hydrogens (tertiary/aromatic N) is 1. The minimum absolute atomic E-state index is 0.111. The molecule has 6 nitrogen and oxygen atoms in total. The molecule has 1 rings (SSSR count). The number of likely N-dealkylation sites (N-methyl/N-ethyl adjacent to an activating group) is 1. The van der Waals surface area contributed by atoms with E-state index in [0.717, 1.165) is 11.3 Å². The van der Waals surface area contributed by atoms with E-state index in [0.29, 0.717) is 13.1 Å². The van der Waals surface area contributed by atoms with Crippen LogP contribution in [0.2, 0.25) is 0 Å². The van der Waals surface area contributed by atoms with Gasteiger partial charge in [0.25, 0.3) is 0 Å². The summed E-state index contributed by atoms with van der Waals surface area (Å²) < 4.78 is 9.72. The van der Waals surface area contributed by atoms with E-state index in [1.807, 2.05) is 31.2 Å². The van der Waals surface area contributed by atoms with E-state index in [4.69, 9.17) is 4.74 Å². The van der Waals surface area contributed by atoms with Crippen LogP contribution in [0.4, 0.5) is 0 Å². The van der Waals surface area contributed by atoms with Gasteiger partial charge >= 0.3 is 5.97 Å². The van der Waals surface area contributed by atoms with Gasteiger partial charge in [0.2, 0.25) is 5.91 Å². The first-order valence-electron chi connectivity index (χ1n) is 6.77. The lowest BCUT2D eigenvalue weighted by atomic mass is 10.2. The van der Waals surface area contributed by atoms with E-state index < -0.39 is 0 Å². The Balaban J connectivity index is 2.43. The molecule has 1 aromatic carbocycles. The van der Waals surface area contributed by atoms with Crippen molar-refractivity contribution in [1.82, 2.24) is 10.2 Å². The Morgan fingerprint density at radius 3 is 2.62 bits per heavy atom. The van der Waals surface area contributed by atoms with Gasteiger partial charge < -0.3 is 14.8 Å². The van der Waals surface area contributed by atoms with Crippen LogP contribution in [-0.2, 0) is 20.9 Å². The van der Waals surface area contributed by atoms with E-state index in [9.17, 15) is 9.59 Å². The predicted octanol–water partition coefficient (Wildman–Crippen LogP) is 0.806. The van der Waals surface area contributed by atoms with Gasteiger partial charge in [-0.2, -0.15) is 0 Å². The van der Waals surface area contributed by atoms with Crippen molar-refractivity contribution in [1.29, 1.82) is 0 Å². The van der Waals surface area contributed by atoms with Crippen molar-refractivity contribution in [3.8, 4) is 5.75 Å². The van der Waals surface area contributed by atoms with Crippen molar-refractivity contribution >= 4 is 11.9 Å². The zero-order valence-electron chi connectivity index (χ0n) is 12.7. The number of amides is 1. The Bertz CT molecular complexity index is 476. The normalized spacial score (nSPS) is 10.3. The highest BCUT2D eigenvalue weighted by Crippen LogP contribution is 2.12. The van der Waals surface area contributed by atoms with Crippen molar-refractivity contribution in [2.45, 2.75) is 13.5 Å². The van der Waals surface area contributed by atoms with E-state index >= 15 is 0 Å². The van der Waals surface area contributed by atoms with Crippen LogP contribution in [0.5, 0.6) is 5.75 Å². The monoisotopic (exact) mass is 294 g/mol. The van der Waals surface area contributed by atoms with Gasteiger partial charge in [-0.05, 0) is 24.2 Å². The standard InChI is InChI=1S/C15H22N2O4/c1-4-17(11-15(19)21-3)10-14(18)16-9-12-6-5-7-13(8-12)20-2/h5-8H,4,9-11H2,1-3H3,(H,16,18). The molecule has 1 aromatic rings. The Morgan fingerprint density at radius 1 is 1.24 bits per heavy atom. The number of nitrogens with one attached hydrogen (secondary N) is 1. The minimum Gasteiger partial charge on any atom is -0.497 e. The summed E-state index contributed by atoms with van der Waals surface area (Å²) in [5.41, 5.74) is 0.957. The topological polar surface area (TPSA) is 67.9 Å². The van der Waals surface area contributed by atoms with Gasteiger partial charge in [-0.1, -0.05) is 19.1 Å². The molecule has 0 aliphatic rings. The average molecular weight is 294 g/mol. The summed E-state index contributed by atoms with van der Waals surface area (Å²) in [5.74, 6) is 0.267. The maximum atomic E-state index is 11.9. The summed E-state index contributed by atoms with van der Waals surface area (Å²) in [6.07, 6.45) is 0. The molecule has 0 heterocycles. The SMILES string of the molecule is CCN(CC(=O)NCc1cccc(OC)c1)CC(=O)OC. The lowest BCUT2D eigenvalue weighted by molar-refractivity contribution is -0.142. The molecule has 0 aliphatic carbocycles. The second-order valence-corrected chi connectivity index (χ2v) is 4.51. The molecule has 0 spiro atoms. The van der Waals surface area contributed by atoms with Crippen LogP contribution in [0.1, 0.15) is 12.5 Å². The Morgan fingerprint density at radius 2 is 2.00 bits per heavy atom. The molecule has 6 heteroatoms. The smallest absolute Gasteiger partial charge is 0.319 e. The van der Waals surface area contributed by atoms with Crippen molar-refractivity contribution in [3.63, 3.8) is 0 Å². The van der Waals surface area contributed by atoms with Gasteiger partial charge in [0.1, 0.15) is 5.75 Å². The van der Waals surface area contributed by atoms with Crippen LogP contribution in [0.25, 0.3) is 0 Å². The molecular weight excluding hydrogens is 272 g/mol. The molecule has 1 N–H and O–H groups in total. The maximum Gasteiger partial charge on any atom is 0.319 e. The molecular formula is C15H22N2O4. The molecule has 0 radical (unpaired) electrons. The van der Waals surface area contributed by atoms with E-state index in [1.54, 1.807) is 12.0 Å². The molecule has 0 aliphatic heterocycles. The highest BCUT2D eigenvalue weighted by Gasteiger charge is 2.13. The summed E-state index contributed by atoms with van der Waals surface area (Å²) in [7, 11) is 2.93. The molecule has 116 valence electrons. The van der Waals surface area contributed by atoms with Gasteiger partial charge in [0.05, 0.1) is 27.3 Å². The number of hydrogen-bond acceptors (Lipinski definition) is 5. The highest BCUT2D eigenvalue weighted by atomic mass is 16.5. The first kappa shape index (κ1) is 17.0. The van der Waals surface area contributed by atoms with Gasteiger partial charge in [0.15, 0.2) is 0 Å². The Labute approximate surface area is 125 Å². The number of hydrogen-bond donors (Lipinski definition) is 1. The fourth-order valence-electron chi connectivity index (χ4n) is 1.77. The fourth-order valence-corrected chi connectivity index (χ4v) is 1.77. The molecule has 0 bridgehead atoms. The van der Waals surface area contributed by atoms with Gasteiger partial charge in [-0.15, -0.1) is 0 Å². The molecule has 0 unspecified atom stereocenters. The third-order valence-electron chi connectivity index (χ3n) is 3.02. The largest absolute Gasteiger partial charge is 0.497 e. The Hall–Kier alpha value is -2.08. The molecule has 0 saturated carbocycles. The number of benzene rings is 1. The van der Waals surface area contributed by atoms with Crippen molar-refractivity contribution in [2.24, 2.45) is 0 Å². The Kier molecular flexibility index (Phi) is 7.25. The zero-order valence-corrected chi connectivity index (χ0v) is 12.7. The predicted molar refractivity (Wildman–Crippen MR) is 79.0 cm³/mol. The molecule has 0 aromatic heterocycles. The first-order valence-corrected chi connectivity index (χ1v) is 6.77.